The first-order valence-corrected chi connectivity index (χ1v) is 5.68. The molecular weight excluding hydrogens is 210 g/mol. The third-order valence-corrected chi connectivity index (χ3v) is 2.65. The second kappa shape index (κ2) is 4.87. The van der Waals surface area contributed by atoms with Crippen molar-refractivity contribution in [2.75, 3.05) is 17.7 Å². The summed E-state index contributed by atoms with van der Waals surface area (Å²) in [5.74, 6) is 1.71. The van der Waals surface area contributed by atoms with Gasteiger partial charge in [-0.1, -0.05) is 23.8 Å². The number of nitrogens with one attached hydrogen (secondary N) is 2. The van der Waals surface area contributed by atoms with Crippen LogP contribution in [-0.4, -0.2) is 12.0 Å². The van der Waals surface area contributed by atoms with Crippen molar-refractivity contribution in [3.63, 3.8) is 0 Å². The Morgan fingerprint density at radius 2 is 1.76 bits per heavy atom. The second-order valence-corrected chi connectivity index (χ2v) is 4.10. The molecule has 3 heteroatoms. The van der Waals surface area contributed by atoms with E-state index in [4.69, 9.17) is 0 Å². The smallest absolute Gasteiger partial charge is 0.132 e. The summed E-state index contributed by atoms with van der Waals surface area (Å²) in [7, 11) is 1.86. The molecule has 0 spiro atoms. The largest absolute Gasteiger partial charge is 0.373 e. The molecular formula is C14H17N3. The molecule has 0 aliphatic carbocycles. The lowest BCUT2D eigenvalue weighted by Crippen LogP contribution is -1.98. The number of anilines is 3. The minimum Gasteiger partial charge on any atom is -0.373 e. The van der Waals surface area contributed by atoms with Crippen LogP contribution in [0.1, 0.15) is 11.1 Å². The maximum Gasteiger partial charge on any atom is 0.132 e. The van der Waals surface area contributed by atoms with Crippen LogP contribution in [-0.2, 0) is 0 Å². The first-order chi connectivity index (χ1) is 8.19. The van der Waals surface area contributed by atoms with Crippen LogP contribution >= 0.6 is 0 Å². The van der Waals surface area contributed by atoms with Gasteiger partial charge in [-0.05, 0) is 37.6 Å². The predicted octanol–water partition coefficient (Wildman–Crippen LogP) is 3.48. The first-order valence-electron chi connectivity index (χ1n) is 5.68. The van der Waals surface area contributed by atoms with Gasteiger partial charge in [-0.3, -0.25) is 0 Å². The summed E-state index contributed by atoms with van der Waals surface area (Å²) in [6.45, 7) is 4.19. The molecule has 0 fully saturated rings. The van der Waals surface area contributed by atoms with E-state index in [2.05, 4.69) is 47.7 Å². The van der Waals surface area contributed by atoms with E-state index in [1.54, 1.807) is 0 Å². The number of aryl methyl sites for hydroxylation is 2. The van der Waals surface area contributed by atoms with Crippen LogP contribution in [0.15, 0.2) is 36.4 Å². The molecule has 2 N–H and O–H groups in total. The van der Waals surface area contributed by atoms with Crippen molar-refractivity contribution in [2.24, 2.45) is 0 Å². The third-order valence-electron chi connectivity index (χ3n) is 2.65. The van der Waals surface area contributed by atoms with Crippen LogP contribution in [0.3, 0.4) is 0 Å². The highest BCUT2D eigenvalue weighted by Gasteiger charge is 2.00. The quantitative estimate of drug-likeness (QED) is 0.842. The zero-order valence-corrected chi connectivity index (χ0v) is 10.4. The van der Waals surface area contributed by atoms with Crippen LogP contribution < -0.4 is 10.6 Å². The Bertz CT molecular complexity index is 521. The van der Waals surface area contributed by atoms with E-state index in [-0.39, 0.29) is 0 Å². The van der Waals surface area contributed by atoms with Crippen molar-refractivity contribution in [2.45, 2.75) is 13.8 Å². The molecule has 1 aromatic heterocycles. The Morgan fingerprint density at radius 3 is 2.47 bits per heavy atom. The molecule has 0 aliphatic rings. The van der Waals surface area contributed by atoms with Gasteiger partial charge in [0.2, 0.25) is 0 Å². The molecule has 3 nitrogen and oxygen atoms in total. The molecule has 17 heavy (non-hydrogen) atoms. The molecule has 0 saturated heterocycles. The van der Waals surface area contributed by atoms with E-state index in [1.807, 2.05) is 25.2 Å². The van der Waals surface area contributed by atoms with E-state index in [9.17, 15) is 0 Å². The molecule has 0 atom stereocenters. The van der Waals surface area contributed by atoms with Crippen molar-refractivity contribution in [3.8, 4) is 0 Å². The first kappa shape index (κ1) is 11.5. The van der Waals surface area contributed by atoms with Crippen LogP contribution in [0.5, 0.6) is 0 Å². The Balaban J connectivity index is 2.25. The summed E-state index contributed by atoms with van der Waals surface area (Å²) in [5.41, 5.74) is 3.59. The number of benzene rings is 1. The minimum atomic E-state index is 0.851. The predicted molar refractivity (Wildman–Crippen MR) is 73.0 cm³/mol. The summed E-state index contributed by atoms with van der Waals surface area (Å²) >= 11 is 0. The molecule has 2 rings (SSSR count). The molecule has 88 valence electrons. The van der Waals surface area contributed by atoms with Gasteiger partial charge >= 0.3 is 0 Å². The highest BCUT2D eigenvalue weighted by Crippen LogP contribution is 2.20. The normalized spacial score (nSPS) is 10.1. The molecule has 0 saturated carbocycles. The van der Waals surface area contributed by atoms with Gasteiger partial charge in [-0.25, -0.2) is 4.98 Å². The van der Waals surface area contributed by atoms with Crippen molar-refractivity contribution < 1.29 is 0 Å². The number of pyridine rings is 1. The lowest BCUT2D eigenvalue weighted by Gasteiger charge is -2.10. The summed E-state index contributed by atoms with van der Waals surface area (Å²) in [4.78, 5) is 4.43. The van der Waals surface area contributed by atoms with Gasteiger partial charge in [0.1, 0.15) is 11.6 Å². The molecule has 0 bridgehead atoms. The van der Waals surface area contributed by atoms with Crippen molar-refractivity contribution in [3.05, 3.63) is 47.5 Å². The van der Waals surface area contributed by atoms with Gasteiger partial charge in [-0.2, -0.15) is 0 Å². The zero-order valence-electron chi connectivity index (χ0n) is 10.4. The summed E-state index contributed by atoms with van der Waals surface area (Å²) in [6.07, 6.45) is 0. The Kier molecular flexibility index (Phi) is 3.28. The number of rotatable bonds is 3. The van der Waals surface area contributed by atoms with Crippen LogP contribution in [0.4, 0.5) is 17.3 Å². The van der Waals surface area contributed by atoms with Gasteiger partial charge in [0, 0.05) is 12.7 Å². The fourth-order valence-electron chi connectivity index (χ4n) is 1.74. The van der Waals surface area contributed by atoms with E-state index >= 15 is 0 Å². The molecule has 0 radical (unpaired) electrons. The van der Waals surface area contributed by atoms with E-state index in [0.29, 0.717) is 0 Å². The second-order valence-electron chi connectivity index (χ2n) is 4.10. The molecule has 1 aromatic carbocycles. The van der Waals surface area contributed by atoms with Crippen LogP contribution in [0, 0.1) is 13.8 Å². The summed E-state index contributed by atoms with van der Waals surface area (Å²) < 4.78 is 0. The average Bonchev–Trinajstić information content (AvgIpc) is 2.33. The monoisotopic (exact) mass is 227 g/mol. The van der Waals surface area contributed by atoms with Gasteiger partial charge < -0.3 is 10.6 Å². The molecule has 2 aromatic rings. The SMILES string of the molecule is CNc1cccc(Nc2ccc(C)cc2C)n1. The third kappa shape index (κ3) is 2.75. The van der Waals surface area contributed by atoms with E-state index < -0.39 is 0 Å². The fraction of sp³-hybridized carbons (Fsp3) is 0.214. The van der Waals surface area contributed by atoms with Gasteiger partial charge in [0.25, 0.3) is 0 Å². The average molecular weight is 227 g/mol. The molecule has 0 unspecified atom stereocenters. The topological polar surface area (TPSA) is 37.0 Å². The van der Waals surface area contributed by atoms with E-state index in [0.717, 1.165) is 17.3 Å². The van der Waals surface area contributed by atoms with Crippen LogP contribution in [0.2, 0.25) is 0 Å². The van der Waals surface area contributed by atoms with E-state index in [1.165, 1.54) is 11.1 Å². The Morgan fingerprint density at radius 1 is 1.00 bits per heavy atom. The highest BCUT2D eigenvalue weighted by molar-refractivity contribution is 5.62. The minimum absolute atomic E-state index is 0.851. The lowest BCUT2D eigenvalue weighted by molar-refractivity contribution is 1.26. The van der Waals surface area contributed by atoms with Gasteiger partial charge in [0.15, 0.2) is 0 Å². The Hall–Kier alpha value is -2.03. The molecule has 1 heterocycles. The van der Waals surface area contributed by atoms with Crippen molar-refractivity contribution in [1.29, 1.82) is 0 Å². The maximum atomic E-state index is 4.43. The number of hydrogen-bond acceptors (Lipinski definition) is 3. The molecule has 0 aliphatic heterocycles. The Labute approximate surface area is 102 Å². The fourth-order valence-corrected chi connectivity index (χ4v) is 1.74. The summed E-state index contributed by atoms with van der Waals surface area (Å²) in [6, 6.07) is 12.2. The van der Waals surface area contributed by atoms with Crippen molar-refractivity contribution in [1.82, 2.24) is 4.98 Å². The number of nitrogens with zero attached hydrogens (tertiary/aromatic N) is 1. The number of hydrogen-bond donors (Lipinski definition) is 2. The highest BCUT2D eigenvalue weighted by atomic mass is 15.1. The van der Waals surface area contributed by atoms with Gasteiger partial charge in [0.05, 0.1) is 0 Å². The van der Waals surface area contributed by atoms with Crippen LogP contribution in [0.25, 0.3) is 0 Å². The molecule has 0 amide bonds. The number of aromatic nitrogens is 1. The van der Waals surface area contributed by atoms with Crippen molar-refractivity contribution >= 4 is 17.3 Å². The van der Waals surface area contributed by atoms with Gasteiger partial charge in [-0.15, -0.1) is 0 Å². The maximum absolute atomic E-state index is 4.43. The zero-order chi connectivity index (χ0) is 12.3. The standard InChI is InChI=1S/C14H17N3/c1-10-7-8-12(11(2)9-10)16-14-6-4-5-13(15-3)17-14/h4-9H,1-3H3,(H2,15,16,17). The summed E-state index contributed by atoms with van der Waals surface area (Å²) in [5, 5.41) is 6.35. The lowest BCUT2D eigenvalue weighted by atomic mass is 10.1.